The number of methoxy groups -OCH3 is 2. The minimum Gasteiger partial charge on any atom is -0.493 e. The van der Waals surface area contributed by atoms with E-state index < -0.39 is 29.9 Å². The van der Waals surface area contributed by atoms with Gasteiger partial charge in [-0.15, -0.1) is 0 Å². The highest BCUT2D eigenvalue weighted by Crippen LogP contribution is 2.31. The summed E-state index contributed by atoms with van der Waals surface area (Å²) in [5.41, 5.74) is -0.900. The summed E-state index contributed by atoms with van der Waals surface area (Å²) in [6.07, 6.45) is 1.41. The van der Waals surface area contributed by atoms with E-state index in [-0.39, 0.29) is 0 Å². The number of amides is 4. The standard InChI is InChI=1S/C18H19N3O6/c1-18(14-5-4-8-27-14)16(23)21(17(24)20-18)10-15(22)19-11-6-7-12(25-2)13(9-11)26-3/h4-9H,10H2,1-3H3,(H,19,22)(H,20,24). The Bertz CT molecular complexity index is 879. The van der Waals surface area contributed by atoms with Gasteiger partial charge < -0.3 is 24.5 Å². The van der Waals surface area contributed by atoms with E-state index in [1.165, 1.54) is 27.4 Å². The molecule has 1 aromatic carbocycles. The lowest BCUT2D eigenvalue weighted by atomic mass is 9.99. The van der Waals surface area contributed by atoms with Gasteiger partial charge in [-0.25, -0.2) is 4.79 Å². The van der Waals surface area contributed by atoms with Crippen molar-refractivity contribution in [3.63, 3.8) is 0 Å². The molecule has 2 heterocycles. The summed E-state index contributed by atoms with van der Waals surface area (Å²) in [5, 5.41) is 5.19. The number of carbonyl (C=O) groups is 3. The van der Waals surface area contributed by atoms with Gasteiger partial charge in [-0.05, 0) is 31.2 Å². The summed E-state index contributed by atoms with van der Waals surface area (Å²) in [6.45, 7) is 1.09. The van der Waals surface area contributed by atoms with E-state index >= 15 is 0 Å². The van der Waals surface area contributed by atoms with Gasteiger partial charge in [-0.3, -0.25) is 14.5 Å². The van der Waals surface area contributed by atoms with Crippen molar-refractivity contribution in [2.24, 2.45) is 0 Å². The third-order valence-corrected chi connectivity index (χ3v) is 4.26. The van der Waals surface area contributed by atoms with E-state index in [0.717, 1.165) is 4.90 Å². The number of ether oxygens (including phenoxy) is 2. The van der Waals surface area contributed by atoms with Crippen LogP contribution in [0, 0.1) is 0 Å². The number of nitrogens with one attached hydrogen (secondary N) is 2. The van der Waals surface area contributed by atoms with Crippen LogP contribution in [0.2, 0.25) is 0 Å². The van der Waals surface area contributed by atoms with Crippen molar-refractivity contribution >= 4 is 23.5 Å². The lowest BCUT2D eigenvalue weighted by Gasteiger charge is -2.19. The molecule has 0 aliphatic carbocycles. The summed E-state index contributed by atoms with van der Waals surface area (Å²) in [6, 6.07) is 7.38. The van der Waals surface area contributed by atoms with Crippen LogP contribution in [-0.2, 0) is 15.1 Å². The number of imide groups is 1. The molecule has 2 N–H and O–H groups in total. The van der Waals surface area contributed by atoms with Crippen molar-refractivity contribution in [3.05, 3.63) is 42.4 Å². The molecule has 4 amide bonds. The molecule has 0 bridgehead atoms. The third-order valence-electron chi connectivity index (χ3n) is 4.26. The molecule has 0 radical (unpaired) electrons. The van der Waals surface area contributed by atoms with Gasteiger partial charge in [0.1, 0.15) is 12.3 Å². The van der Waals surface area contributed by atoms with Gasteiger partial charge in [0.15, 0.2) is 17.0 Å². The van der Waals surface area contributed by atoms with Gasteiger partial charge in [0.2, 0.25) is 5.91 Å². The minimum absolute atomic E-state index is 0.295. The number of urea groups is 1. The molecule has 1 aliphatic heterocycles. The molecule has 142 valence electrons. The Morgan fingerprint density at radius 3 is 2.59 bits per heavy atom. The van der Waals surface area contributed by atoms with E-state index in [0.29, 0.717) is 22.9 Å². The molecule has 9 nitrogen and oxygen atoms in total. The minimum atomic E-state index is -1.34. The fraction of sp³-hybridized carbons (Fsp3) is 0.278. The van der Waals surface area contributed by atoms with Crippen LogP contribution in [0.25, 0.3) is 0 Å². The first-order chi connectivity index (χ1) is 12.9. The Morgan fingerprint density at radius 2 is 1.96 bits per heavy atom. The van der Waals surface area contributed by atoms with Crippen molar-refractivity contribution in [1.82, 2.24) is 10.2 Å². The average molecular weight is 373 g/mol. The number of anilines is 1. The number of hydrogen-bond acceptors (Lipinski definition) is 6. The number of carbonyl (C=O) groups excluding carboxylic acids is 3. The Labute approximate surface area is 155 Å². The average Bonchev–Trinajstić information content (AvgIpc) is 3.26. The van der Waals surface area contributed by atoms with E-state index in [9.17, 15) is 14.4 Å². The molecule has 3 rings (SSSR count). The van der Waals surface area contributed by atoms with Crippen LogP contribution in [0.3, 0.4) is 0 Å². The molecule has 1 aliphatic rings. The SMILES string of the molecule is COc1ccc(NC(=O)CN2C(=O)NC(C)(c3ccco3)C2=O)cc1OC. The van der Waals surface area contributed by atoms with Gasteiger partial charge in [-0.1, -0.05) is 0 Å². The van der Waals surface area contributed by atoms with Crippen LogP contribution < -0.4 is 20.1 Å². The smallest absolute Gasteiger partial charge is 0.325 e. The summed E-state index contributed by atoms with van der Waals surface area (Å²) in [7, 11) is 2.98. The first kappa shape index (κ1) is 18.3. The molecular formula is C18H19N3O6. The molecule has 0 spiro atoms. The second-order valence-electron chi connectivity index (χ2n) is 6.04. The predicted octanol–water partition coefficient (Wildman–Crippen LogP) is 1.70. The van der Waals surface area contributed by atoms with E-state index in [4.69, 9.17) is 13.9 Å². The quantitative estimate of drug-likeness (QED) is 0.746. The van der Waals surface area contributed by atoms with E-state index in [2.05, 4.69) is 10.6 Å². The summed E-state index contributed by atoms with van der Waals surface area (Å²) >= 11 is 0. The normalized spacial score (nSPS) is 19.0. The second kappa shape index (κ2) is 7.02. The summed E-state index contributed by atoms with van der Waals surface area (Å²) in [4.78, 5) is 38.1. The molecule has 1 saturated heterocycles. The predicted molar refractivity (Wildman–Crippen MR) is 94.5 cm³/mol. The molecule has 2 aromatic rings. The Hall–Kier alpha value is -3.49. The maximum Gasteiger partial charge on any atom is 0.325 e. The maximum atomic E-state index is 12.7. The highest BCUT2D eigenvalue weighted by atomic mass is 16.5. The lowest BCUT2D eigenvalue weighted by molar-refractivity contribution is -0.134. The number of benzene rings is 1. The van der Waals surface area contributed by atoms with Crippen molar-refractivity contribution in [2.45, 2.75) is 12.5 Å². The zero-order chi connectivity index (χ0) is 19.6. The Balaban J connectivity index is 1.71. The van der Waals surface area contributed by atoms with Crippen LogP contribution in [0.1, 0.15) is 12.7 Å². The van der Waals surface area contributed by atoms with E-state index in [1.54, 1.807) is 30.3 Å². The topological polar surface area (TPSA) is 110 Å². The van der Waals surface area contributed by atoms with Crippen LogP contribution in [0.15, 0.2) is 41.0 Å². The third kappa shape index (κ3) is 3.31. The highest BCUT2D eigenvalue weighted by molar-refractivity contribution is 6.10. The van der Waals surface area contributed by atoms with Crippen molar-refractivity contribution < 1.29 is 28.3 Å². The second-order valence-corrected chi connectivity index (χ2v) is 6.04. The van der Waals surface area contributed by atoms with Crippen LogP contribution in [-0.4, -0.2) is 43.5 Å². The number of rotatable bonds is 6. The monoisotopic (exact) mass is 373 g/mol. The number of hydrogen-bond donors (Lipinski definition) is 2. The first-order valence-corrected chi connectivity index (χ1v) is 8.09. The van der Waals surface area contributed by atoms with Gasteiger partial charge in [0, 0.05) is 11.8 Å². The van der Waals surface area contributed by atoms with Crippen molar-refractivity contribution in [3.8, 4) is 11.5 Å². The summed E-state index contributed by atoms with van der Waals surface area (Å²) in [5.74, 6) is 0.150. The molecule has 1 unspecified atom stereocenters. The zero-order valence-corrected chi connectivity index (χ0v) is 15.1. The lowest BCUT2D eigenvalue weighted by Crippen LogP contribution is -2.41. The van der Waals surface area contributed by atoms with E-state index in [1.807, 2.05) is 0 Å². The largest absolute Gasteiger partial charge is 0.493 e. The highest BCUT2D eigenvalue weighted by Gasteiger charge is 2.51. The zero-order valence-electron chi connectivity index (χ0n) is 15.1. The van der Waals surface area contributed by atoms with Crippen molar-refractivity contribution in [1.29, 1.82) is 0 Å². The molecule has 27 heavy (non-hydrogen) atoms. The molecular weight excluding hydrogens is 354 g/mol. The van der Waals surface area contributed by atoms with Gasteiger partial charge in [0.05, 0.1) is 20.5 Å². The van der Waals surface area contributed by atoms with Gasteiger partial charge >= 0.3 is 6.03 Å². The van der Waals surface area contributed by atoms with Crippen LogP contribution in [0.4, 0.5) is 10.5 Å². The maximum absolute atomic E-state index is 12.7. The fourth-order valence-electron chi connectivity index (χ4n) is 2.83. The van der Waals surface area contributed by atoms with Crippen molar-refractivity contribution in [2.75, 3.05) is 26.1 Å². The molecule has 0 saturated carbocycles. The molecule has 1 fully saturated rings. The molecule has 1 atom stereocenters. The van der Waals surface area contributed by atoms with Gasteiger partial charge in [0.25, 0.3) is 5.91 Å². The number of furan rings is 1. The van der Waals surface area contributed by atoms with Crippen LogP contribution >= 0.6 is 0 Å². The molecule has 1 aromatic heterocycles. The fourth-order valence-corrected chi connectivity index (χ4v) is 2.83. The van der Waals surface area contributed by atoms with Crippen LogP contribution in [0.5, 0.6) is 11.5 Å². The molecule has 9 heteroatoms. The Morgan fingerprint density at radius 1 is 1.22 bits per heavy atom. The van der Waals surface area contributed by atoms with Gasteiger partial charge in [-0.2, -0.15) is 0 Å². The Kier molecular flexibility index (Phi) is 4.76. The number of nitrogens with zero attached hydrogens (tertiary/aromatic N) is 1. The summed E-state index contributed by atoms with van der Waals surface area (Å²) < 4.78 is 15.6. The first-order valence-electron chi connectivity index (χ1n) is 8.09.